The van der Waals surface area contributed by atoms with Crippen LogP contribution in [0.3, 0.4) is 0 Å². The Morgan fingerprint density at radius 2 is 1.91 bits per heavy atom. The Morgan fingerprint density at radius 3 is 2.59 bits per heavy atom. The number of nitrogens with zero attached hydrogens (tertiary/aromatic N) is 1. The zero-order valence-electron chi connectivity index (χ0n) is 19.5. The SMILES string of the molecule is CCCNC(=O)[C@H]1[C@H]2C(=O)N(CCCCO)C(C(=O)NC3CCCCC3)C23CC[C@]1(C)S3. The molecule has 1 saturated carbocycles. The van der Waals surface area contributed by atoms with Crippen molar-refractivity contribution in [2.75, 3.05) is 19.7 Å². The molecule has 32 heavy (non-hydrogen) atoms. The number of carbonyl (C=O) groups excluding carboxylic acids is 3. The Morgan fingerprint density at radius 1 is 1.16 bits per heavy atom. The molecule has 1 aliphatic carbocycles. The summed E-state index contributed by atoms with van der Waals surface area (Å²) in [6.07, 6.45) is 9.24. The van der Waals surface area contributed by atoms with E-state index in [1.54, 1.807) is 16.7 Å². The van der Waals surface area contributed by atoms with Crippen LogP contribution >= 0.6 is 11.8 Å². The van der Waals surface area contributed by atoms with Crippen molar-refractivity contribution in [1.82, 2.24) is 15.5 Å². The number of likely N-dealkylation sites (tertiary alicyclic amines) is 1. The maximum atomic E-state index is 13.8. The van der Waals surface area contributed by atoms with Gasteiger partial charge in [-0.1, -0.05) is 26.2 Å². The van der Waals surface area contributed by atoms with Crippen molar-refractivity contribution in [3.63, 3.8) is 0 Å². The third kappa shape index (κ3) is 3.95. The highest BCUT2D eigenvalue weighted by molar-refractivity contribution is 8.02. The Bertz CT molecular complexity index is 743. The van der Waals surface area contributed by atoms with Gasteiger partial charge in [0, 0.05) is 30.5 Å². The zero-order chi connectivity index (χ0) is 22.9. The number of hydrogen-bond donors (Lipinski definition) is 3. The number of fused-ring (bicyclic) bond motifs is 1. The number of aliphatic hydroxyl groups excluding tert-OH is 1. The van der Waals surface area contributed by atoms with Crippen molar-refractivity contribution < 1.29 is 19.5 Å². The van der Waals surface area contributed by atoms with Crippen molar-refractivity contribution >= 4 is 29.5 Å². The van der Waals surface area contributed by atoms with Crippen LogP contribution < -0.4 is 10.6 Å². The molecule has 0 aromatic heterocycles. The van der Waals surface area contributed by atoms with Gasteiger partial charge in [0.15, 0.2) is 0 Å². The fourth-order valence-corrected chi connectivity index (χ4v) is 9.00. The lowest BCUT2D eigenvalue weighted by molar-refractivity contribution is -0.140. The van der Waals surface area contributed by atoms with Crippen LogP contribution in [0.4, 0.5) is 0 Å². The standard InChI is InChI=1S/C24H39N3O4S/c1-3-13-25-20(29)17-18-22(31)27(14-7-8-15-28)19(24(18)12-11-23(17,2)32-24)21(30)26-16-9-5-4-6-10-16/h16-19,28H,3-15H2,1-2H3,(H,25,29)(H,26,30)/t17-,18+,19?,23+,24?/m1/s1. The maximum absolute atomic E-state index is 13.8. The number of aliphatic hydroxyl groups is 1. The average molecular weight is 466 g/mol. The van der Waals surface area contributed by atoms with Gasteiger partial charge in [-0.15, -0.1) is 11.8 Å². The first-order chi connectivity index (χ1) is 15.4. The van der Waals surface area contributed by atoms with E-state index in [1.807, 2.05) is 6.92 Å². The molecular weight excluding hydrogens is 426 g/mol. The van der Waals surface area contributed by atoms with E-state index < -0.39 is 22.6 Å². The lowest BCUT2D eigenvalue weighted by atomic mass is 9.66. The van der Waals surface area contributed by atoms with Gasteiger partial charge in [-0.3, -0.25) is 14.4 Å². The van der Waals surface area contributed by atoms with Crippen molar-refractivity contribution in [3.8, 4) is 0 Å². The molecule has 3 saturated heterocycles. The predicted molar refractivity (Wildman–Crippen MR) is 125 cm³/mol. The predicted octanol–water partition coefficient (Wildman–Crippen LogP) is 2.22. The van der Waals surface area contributed by atoms with Crippen LogP contribution in [0.2, 0.25) is 0 Å². The van der Waals surface area contributed by atoms with Crippen LogP contribution in [-0.4, -0.2) is 69.0 Å². The summed E-state index contributed by atoms with van der Waals surface area (Å²) >= 11 is 1.73. The number of carbonyl (C=O) groups is 3. The minimum Gasteiger partial charge on any atom is -0.396 e. The number of nitrogens with one attached hydrogen (secondary N) is 2. The first-order valence-corrected chi connectivity index (χ1v) is 13.4. The molecule has 4 rings (SSSR count). The molecule has 5 atom stereocenters. The molecule has 7 nitrogen and oxygen atoms in total. The quantitative estimate of drug-likeness (QED) is 0.454. The fraction of sp³-hybridized carbons (Fsp3) is 0.875. The summed E-state index contributed by atoms with van der Waals surface area (Å²) in [5.74, 6) is -0.958. The van der Waals surface area contributed by atoms with Gasteiger partial charge in [0.2, 0.25) is 17.7 Å². The summed E-state index contributed by atoms with van der Waals surface area (Å²) in [6.45, 7) is 5.27. The molecule has 1 spiro atoms. The summed E-state index contributed by atoms with van der Waals surface area (Å²) in [5, 5.41) is 15.6. The van der Waals surface area contributed by atoms with Crippen LogP contribution in [0.15, 0.2) is 0 Å². The summed E-state index contributed by atoms with van der Waals surface area (Å²) in [6, 6.07) is -0.347. The minimum atomic E-state index is -0.531. The van der Waals surface area contributed by atoms with Crippen LogP contribution in [0, 0.1) is 11.8 Å². The average Bonchev–Trinajstić information content (AvgIpc) is 3.34. The lowest BCUT2D eigenvalue weighted by Gasteiger charge is -2.36. The van der Waals surface area contributed by atoms with E-state index in [0.29, 0.717) is 25.9 Å². The molecule has 8 heteroatoms. The molecule has 0 radical (unpaired) electrons. The molecule has 3 aliphatic heterocycles. The zero-order valence-corrected chi connectivity index (χ0v) is 20.3. The summed E-state index contributed by atoms with van der Waals surface area (Å²) < 4.78 is -0.837. The Hall–Kier alpha value is -1.28. The molecule has 2 bridgehead atoms. The molecule has 2 unspecified atom stereocenters. The van der Waals surface area contributed by atoms with Gasteiger partial charge in [0.25, 0.3) is 0 Å². The molecule has 180 valence electrons. The van der Waals surface area contributed by atoms with Gasteiger partial charge >= 0.3 is 0 Å². The van der Waals surface area contributed by atoms with Crippen LogP contribution in [0.5, 0.6) is 0 Å². The Labute approximate surface area is 195 Å². The highest BCUT2D eigenvalue weighted by Gasteiger charge is 2.76. The molecule has 4 fully saturated rings. The number of amides is 3. The van der Waals surface area contributed by atoms with E-state index in [-0.39, 0.29) is 35.1 Å². The van der Waals surface area contributed by atoms with E-state index in [1.165, 1.54) is 6.42 Å². The fourth-order valence-electron chi connectivity index (χ4n) is 6.65. The van der Waals surface area contributed by atoms with E-state index in [9.17, 15) is 19.5 Å². The van der Waals surface area contributed by atoms with Crippen molar-refractivity contribution in [1.29, 1.82) is 0 Å². The second-order valence-corrected chi connectivity index (χ2v) is 12.2. The van der Waals surface area contributed by atoms with E-state index in [0.717, 1.165) is 44.9 Å². The van der Waals surface area contributed by atoms with Gasteiger partial charge in [0.1, 0.15) is 6.04 Å². The van der Waals surface area contributed by atoms with Gasteiger partial charge in [-0.05, 0) is 51.9 Å². The molecule has 3 N–H and O–H groups in total. The number of hydrogen-bond acceptors (Lipinski definition) is 5. The van der Waals surface area contributed by atoms with E-state index in [4.69, 9.17) is 0 Å². The normalized spacial score (nSPS) is 36.4. The minimum absolute atomic E-state index is 0.0366. The summed E-state index contributed by atoms with van der Waals surface area (Å²) in [4.78, 5) is 42.5. The van der Waals surface area contributed by atoms with E-state index in [2.05, 4.69) is 17.6 Å². The first-order valence-electron chi connectivity index (χ1n) is 12.6. The summed E-state index contributed by atoms with van der Waals surface area (Å²) in [5.41, 5.74) is 0. The molecule has 3 amide bonds. The maximum Gasteiger partial charge on any atom is 0.244 e. The van der Waals surface area contributed by atoms with Crippen LogP contribution in [-0.2, 0) is 14.4 Å². The highest BCUT2D eigenvalue weighted by Crippen LogP contribution is 2.71. The monoisotopic (exact) mass is 465 g/mol. The molecule has 3 heterocycles. The second-order valence-electron chi connectivity index (χ2n) is 10.3. The Balaban J connectivity index is 1.63. The molecule has 0 aromatic carbocycles. The van der Waals surface area contributed by atoms with E-state index >= 15 is 0 Å². The van der Waals surface area contributed by atoms with Gasteiger partial charge in [0.05, 0.1) is 16.6 Å². The number of rotatable bonds is 9. The van der Waals surface area contributed by atoms with Gasteiger partial charge in [-0.2, -0.15) is 0 Å². The van der Waals surface area contributed by atoms with Crippen molar-refractivity contribution in [3.05, 3.63) is 0 Å². The van der Waals surface area contributed by atoms with Gasteiger partial charge < -0.3 is 20.6 Å². The topological polar surface area (TPSA) is 98.7 Å². The van der Waals surface area contributed by atoms with Gasteiger partial charge in [-0.25, -0.2) is 0 Å². The smallest absolute Gasteiger partial charge is 0.244 e. The molecule has 0 aromatic rings. The second kappa shape index (κ2) is 9.53. The largest absolute Gasteiger partial charge is 0.396 e. The summed E-state index contributed by atoms with van der Waals surface area (Å²) in [7, 11) is 0. The van der Waals surface area contributed by atoms with Crippen LogP contribution in [0.25, 0.3) is 0 Å². The molecule has 4 aliphatic rings. The third-order valence-corrected chi connectivity index (χ3v) is 10.1. The number of unbranched alkanes of at least 4 members (excludes halogenated alkanes) is 1. The Kier molecular flexibility index (Phi) is 7.11. The van der Waals surface area contributed by atoms with Crippen molar-refractivity contribution in [2.24, 2.45) is 11.8 Å². The highest BCUT2D eigenvalue weighted by atomic mass is 32.2. The number of thioether (sulfide) groups is 1. The van der Waals surface area contributed by atoms with Crippen molar-refractivity contribution in [2.45, 2.75) is 99.6 Å². The third-order valence-electron chi connectivity index (χ3n) is 8.12. The molecular formula is C24H39N3O4S. The first kappa shape index (κ1) is 23.9. The lowest BCUT2D eigenvalue weighted by Crippen LogP contribution is -2.55. The van der Waals surface area contributed by atoms with Crippen LogP contribution in [0.1, 0.15) is 78.1 Å².